The lowest BCUT2D eigenvalue weighted by Gasteiger charge is -2.16. The Labute approximate surface area is 67.9 Å². The van der Waals surface area contributed by atoms with Crippen molar-refractivity contribution >= 4 is 5.69 Å². The van der Waals surface area contributed by atoms with Gasteiger partial charge in [-0.1, -0.05) is 18.2 Å². The molecule has 1 N–H and O–H groups in total. The molecular formula is C10H13N. The molecule has 0 saturated heterocycles. The van der Waals surface area contributed by atoms with E-state index in [1.54, 1.807) is 5.56 Å². The summed E-state index contributed by atoms with van der Waals surface area (Å²) in [6.07, 6.45) is 1.41. The second-order valence-corrected chi connectivity index (χ2v) is 3.57. The standard InChI is InChI=1S/C10H11N.H2/c1-2-4-10-8(3-1)9-5-7(9)6-11-10;/h1-4,7,9,11H,5-6H2;1H. The van der Waals surface area contributed by atoms with Gasteiger partial charge in [-0.15, -0.1) is 0 Å². The van der Waals surface area contributed by atoms with E-state index in [9.17, 15) is 0 Å². The molecule has 1 heterocycles. The maximum atomic E-state index is 3.45. The van der Waals surface area contributed by atoms with E-state index in [2.05, 4.69) is 29.6 Å². The van der Waals surface area contributed by atoms with Gasteiger partial charge in [0.2, 0.25) is 0 Å². The SMILES string of the molecule is [HH].c1ccc2c(c1)NCC1CC21. The minimum absolute atomic E-state index is 0. The first kappa shape index (κ1) is 5.64. The average Bonchev–Trinajstić information content (AvgIpc) is 2.83. The summed E-state index contributed by atoms with van der Waals surface area (Å²) in [5.74, 6) is 1.84. The van der Waals surface area contributed by atoms with Gasteiger partial charge in [-0.3, -0.25) is 0 Å². The van der Waals surface area contributed by atoms with Crippen molar-refractivity contribution in [3.8, 4) is 0 Å². The van der Waals surface area contributed by atoms with E-state index in [1.165, 1.54) is 18.7 Å². The Bertz CT molecular complexity index is 298. The first-order valence-electron chi connectivity index (χ1n) is 4.28. The lowest BCUT2D eigenvalue weighted by atomic mass is 10.0. The Morgan fingerprint density at radius 3 is 3.27 bits per heavy atom. The van der Waals surface area contributed by atoms with Gasteiger partial charge < -0.3 is 5.32 Å². The molecule has 0 amide bonds. The summed E-state index contributed by atoms with van der Waals surface area (Å²) < 4.78 is 0. The monoisotopic (exact) mass is 147 g/mol. The molecule has 1 aliphatic heterocycles. The van der Waals surface area contributed by atoms with E-state index in [4.69, 9.17) is 0 Å². The second-order valence-electron chi connectivity index (χ2n) is 3.57. The fourth-order valence-corrected chi connectivity index (χ4v) is 2.08. The predicted octanol–water partition coefficient (Wildman–Crippen LogP) is 2.46. The topological polar surface area (TPSA) is 12.0 Å². The molecular weight excluding hydrogens is 134 g/mol. The zero-order valence-corrected chi connectivity index (χ0v) is 6.38. The van der Waals surface area contributed by atoms with Gasteiger partial charge in [0.1, 0.15) is 0 Å². The molecule has 0 spiro atoms. The molecule has 0 radical (unpaired) electrons. The van der Waals surface area contributed by atoms with Gasteiger partial charge in [0, 0.05) is 13.7 Å². The van der Waals surface area contributed by atoms with Crippen LogP contribution in [0, 0.1) is 5.92 Å². The number of rotatable bonds is 0. The summed E-state index contributed by atoms with van der Waals surface area (Å²) in [5, 5.41) is 3.45. The van der Waals surface area contributed by atoms with Crippen molar-refractivity contribution in [3.63, 3.8) is 0 Å². The van der Waals surface area contributed by atoms with Crippen molar-refractivity contribution < 1.29 is 1.43 Å². The van der Waals surface area contributed by atoms with Gasteiger partial charge >= 0.3 is 0 Å². The second kappa shape index (κ2) is 1.79. The molecule has 11 heavy (non-hydrogen) atoms. The lowest BCUT2D eigenvalue weighted by Crippen LogP contribution is -2.11. The highest BCUT2D eigenvalue weighted by Gasteiger charge is 2.41. The van der Waals surface area contributed by atoms with Crippen LogP contribution in [0.4, 0.5) is 5.69 Å². The van der Waals surface area contributed by atoms with Gasteiger partial charge in [-0.05, 0) is 29.9 Å². The van der Waals surface area contributed by atoms with Crippen LogP contribution in [0.3, 0.4) is 0 Å². The number of para-hydroxylation sites is 1. The number of benzene rings is 1. The highest BCUT2D eigenvalue weighted by Crippen LogP contribution is 2.52. The summed E-state index contributed by atoms with van der Waals surface area (Å²) >= 11 is 0. The summed E-state index contributed by atoms with van der Waals surface area (Å²) in [6, 6.07) is 8.69. The molecule has 1 heteroatoms. The first-order valence-corrected chi connectivity index (χ1v) is 4.28. The number of hydrogen-bond donors (Lipinski definition) is 1. The highest BCUT2D eigenvalue weighted by atomic mass is 14.9. The van der Waals surface area contributed by atoms with Crippen LogP contribution in [-0.4, -0.2) is 6.54 Å². The van der Waals surface area contributed by atoms with Crippen LogP contribution >= 0.6 is 0 Å². The zero-order chi connectivity index (χ0) is 7.26. The zero-order valence-electron chi connectivity index (χ0n) is 6.38. The molecule has 2 atom stereocenters. The van der Waals surface area contributed by atoms with Gasteiger partial charge in [-0.2, -0.15) is 0 Å². The largest absolute Gasteiger partial charge is 0.385 e. The van der Waals surface area contributed by atoms with Crippen LogP contribution in [-0.2, 0) is 0 Å². The van der Waals surface area contributed by atoms with Gasteiger partial charge in [0.15, 0.2) is 0 Å². The molecule has 1 aromatic carbocycles. The smallest absolute Gasteiger partial charge is 0.0375 e. The Morgan fingerprint density at radius 1 is 1.36 bits per heavy atom. The van der Waals surface area contributed by atoms with Crippen molar-refractivity contribution in [1.29, 1.82) is 0 Å². The Hall–Kier alpha value is -0.980. The number of fused-ring (bicyclic) bond motifs is 3. The Balaban J connectivity index is 0.000000563. The third-order valence-corrected chi connectivity index (χ3v) is 2.84. The van der Waals surface area contributed by atoms with Crippen LogP contribution in [0.15, 0.2) is 24.3 Å². The molecule has 1 fully saturated rings. The van der Waals surface area contributed by atoms with Crippen LogP contribution in [0.1, 0.15) is 19.3 Å². The van der Waals surface area contributed by atoms with E-state index < -0.39 is 0 Å². The van der Waals surface area contributed by atoms with Gasteiger partial charge in [0.25, 0.3) is 0 Å². The Morgan fingerprint density at radius 2 is 2.27 bits per heavy atom. The summed E-state index contributed by atoms with van der Waals surface area (Å²) in [6.45, 7) is 1.20. The maximum absolute atomic E-state index is 3.45. The third kappa shape index (κ3) is 0.710. The molecule has 0 bridgehead atoms. The lowest BCUT2D eigenvalue weighted by molar-refractivity contribution is 0.817. The van der Waals surface area contributed by atoms with Crippen molar-refractivity contribution in [2.24, 2.45) is 5.92 Å². The van der Waals surface area contributed by atoms with Crippen molar-refractivity contribution in [2.45, 2.75) is 12.3 Å². The molecule has 1 aromatic rings. The molecule has 1 nitrogen and oxygen atoms in total. The minimum atomic E-state index is 0. The molecule has 3 rings (SSSR count). The van der Waals surface area contributed by atoms with Crippen molar-refractivity contribution in [2.75, 3.05) is 11.9 Å². The highest BCUT2D eigenvalue weighted by molar-refractivity contribution is 5.57. The minimum Gasteiger partial charge on any atom is -0.385 e. The van der Waals surface area contributed by atoms with Crippen molar-refractivity contribution in [3.05, 3.63) is 29.8 Å². The quantitative estimate of drug-likeness (QED) is 0.594. The van der Waals surface area contributed by atoms with E-state index in [1.807, 2.05) is 0 Å². The van der Waals surface area contributed by atoms with E-state index in [-0.39, 0.29) is 1.43 Å². The average molecular weight is 147 g/mol. The van der Waals surface area contributed by atoms with E-state index in [0.717, 1.165) is 11.8 Å². The van der Waals surface area contributed by atoms with E-state index in [0.29, 0.717) is 0 Å². The molecule has 0 aromatic heterocycles. The van der Waals surface area contributed by atoms with E-state index >= 15 is 0 Å². The molecule has 1 saturated carbocycles. The Kier molecular flexibility index (Phi) is 0.916. The molecule has 2 aliphatic rings. The number of anilines is 1. The number of hydrogen-bond acceptors (Lipinski definition) is 1. The van der Waals surface area contributed by atoms with Gasteiger partial charge in [-0.25, -0.2) is 0 Å². The summed E-state index contributed by atoms with van der Waals surface area (Å²) in [5.41, 5.74) is 2.91. The number of nitrogens with one attached hydrogen (secondary N) is 1. The normalized spacial score (nSPS) is 31.6. The predicted molar refractivity (Wildman–Crippen MR) is 47.9 cm³/mol. The third-order valence-electron chi connectivity index (χ3n) is 2.84. The summed E-state index contributed by atoms with van der Waals surface area (Å²) in [4.78, 5) is 0. The molecule has 58 valence electrons. The molecule has 2 unspecified atom stereocenters. The summed E-state index contributed by atoms with van der Waals surface area (Å²) in [7, 11) is 0. The first-order chi connectivity index (χ1) is 5.45. The van der Waals surface area contributed by atoms with Crippen LogP contribution in [0.5, 0.6) is 0 Å². The van der Waals surface area contributed by atoms with Crippen LogP contribution < -0.4 is 5.32 Å². The van der Waals surface area contributed by atoms with Crippen molar-refractivity contribution in [1.82, 2.24) is 0 Å². The maximum Gasteiger partial charge on any atom is 0.0375 e. The molecule has 1 aliphatic carbocycles. The van der Waals surface area contributed by atoms with Gasteiger partial charge in [0.05, 0.1) is 0 Å². The van der Waals surface area contributed by atoms with Crippen LogP contribution in [0.2, 0.25) is 0 Å². The fourth-order valence-electron chi connectivity index (χ4n) is 2.08. The fraction of sp³-hybridized carbons (Fsp3) is 0.400. The van der Waals surface area contributed by atoms with Crippen LogP contribution in [0.25, 0.3) is 0 Å².